The predicted molar refractivity (Wildman–Crippen MR) is 123 cm³/mol. The number of carbonyl (C=O) groups is 3. The molecule has 2 N–H and O–H groups in total. The van der Waals surface area contributed by atoms with Crippen LogP contribution in [0.4, 0.5) is 0 Å². The third-order valence-corrected chi connectivity index (χ3v) is 6.30. The summed E-state index contributed by atoms with van der Waals surface area (Å²) in [7, 11) is -2.24. The van der Waals surface area contributed by atoms with Crippen LogP contribution in [0.1, 0.15) is 33.6 Å². The molecule has 1 fully saturated rings. The largest absolute Gasteiger partial charge is 0.462 e. The van der Waals surface area contributed by atoms with E-state index in [0.717, 1.165) is 0 Å². The third-order valence-electron chi connectivity index (χ3n) is 4.66. The minimum atomic E-state index is -3.97. The van der Waals surface area contributed by atoms with E-state index < -0.39 is 31.8 Å². The fourth-order valence-electron chi connectivity index (χ4n) is 3.01. The molecule has 0 radical (unpaired) electrons. The predicted octanol–water partition coefficient (Wildman–Crippen LogP) is 2.34. The molecule has 0 aliphatic carbocycles. The van der Waals surface area contributed by atoms with Gasteiger partial charge in [0, 0.05) is 19.3 Å². The van der Waals surface area contributed by atoms with Crippen molar-refractivity contribution in [3.63, 3.8) is 0 Å². The van der Waals surface area contributed by atoms with Crippen LogP contribution in [0.15, 0.2) is 42.6 Å². The number of rotatable bonds is 13. The van der Waals surface area contributed by atoms with Crippen molar-refractivity contribution >= 4 is 26.0 Å². The zero-order chi connectivity index (χ0) is 25.1. The Balaban J connectivity index is 1.99. The van der Waals surface area contributed by atoms with Crippen LogP contribution in [0.3, 0.4) is 0 Å². The second-order valence-corrected chi connectivity index (χ2v) is 9.63. The number of ether oxygens (including phenoxy) is 2. The minimum Gasteiger partial charge on any atom is -0.462 e. The summed E-state index contributed by atoms with van der Waals surface area (Å²) in [4.78, 5) is 35.6. The number of para-hydroxylation sites is 1. The number of esters is 1. The van der Waals surface area contributed by atoms with Crippen molar-refractivity contribution in [3.8, 4) is 5.75 Å². The number of imide groups is 1. The summed E-state index contributed by atoms with van der Waals surface area (Å²) in [6, 6.07) is 7.54. The van der Waals surface area contributed by atoms with Crippen molar-refractivity contribution in [2.75, 3.05) is 13.7 Å². The Morgan fingerprint density at radius 3 is 2.59 bits per heavy atom. The normalized spacial score (nSPS) is 20.5. The van der Waals surface area contributed by atoms with Crippen molar-refractivity contribution in [2.45, 2.75) is 58.1 Å². The zero-order valence-corrected chi connectivity index (χ0v) is 20.6. The number of amides is 2. The molecule has 34 heavy (non-hydrogen) atoms. The number of hydrogen-bond acceptors (Lipinski definition) is 9. The van der Waals surface area contributed by atoms with E-state index in [1.165, 1.54) is 19.2 Å². The average molecular weight is 497 g/mol. The average Bonchev–Trinajstić information content (AvgIpc) is 3.26. The lowest BCUT2D eigenvalue weighted by Crippen LogP contribution is -2.36. The van der Waals surface area contributed by atoms with Crippen LogP contribution < -0.4 is 14.9 Å². The quantitative estimate of drug-likeness (QED) is 0.181. The van der Waals surface area contributed by atoms with Crippen molar-refractivity contribution in [1.29, 1.82) is 0 Å². The van der Waals surface area contributed by atoms with Crippen molar-refractivity contribution < 1.29 is 37.5 Å². The Morgan fingerprint density at radius 1 is 1.24 bits per heavy atom. The van der Waals surface area contributed by atoms with E-state index in [1.807, 2.05) is 5.32 Å². The van der Waals surface area contributed by atoms with Crippen LogP contribution in [-0.2, 0) is 32.9 Å². The fourth-order valence-corrected chi connectivity index (χ4v) is 4.53. The highest BCUT2D eigenvalue weighted by molar-refractivity contribution is 7.52. The van der Waals surface area contributed by atoms with Crippen molar-refractivity contribution in [2.24, 2.45) is 0 Å². The van der Waals surface area contributed by atoms with Crippen LogP contribution in [0.5, 0.6) is 5.75 Å². The van der Waals surface area contributed by atoms with E-state index >= 15 is 0 Å². The molecule has 2 rings (SSSR count). The molecule has 11 nitrogen and oxygen atoms in total. The summed E-state index contributed by atoms with van der Waals surface area (Å²) in [5, 5.41) is 4.65. The van der Waals surface area contributed by atoms with Crippen LogP contribution in [0, 0.1) is 0 Å². The fraction of sp³-hybridized carbons (Fsp3) is 0.500. The molecule has 1 heterocycles. The van der Waals surface area contributed by atoms with Crippen LogP contribution in [-0.4, -0.2) is 61.3 Å². The molecule has 0 saturated carbocycles. The molecule has 188 valence electrons. The first-order valence-electron chi connectivity index (χ1n) is 10.9. The summed E-state index contributed by atoms with van der Waals surface area (Å²) in [5.74, 6) is -0.818. The Morgan fingerprint density at radius 2 is 1.94 bits per heavy atom. The van der Waals surface area contributed by atoms with Gasteiger partial charge in [0.1, 0.15) is 18.0 Å². The van der Waals surface area contributed by atoms with E-state index in [-0.39, 0.29) is 18.9 Å². The maximum absolute atomic E-state index is 13.5. The third kappa shape index (κ3) is 9.26. The van der Waals surface area contributed by atoms with Crippen LogP contribution >= 0.6 is 7.75 Å². The molecule has 0 spiro atoms. The van der Waals surface area contributed by atoms with E-state index in [2.05, 4.69) is 5.09 Å². The maximum Gasteiger partial charge on any atom is 0.459 e. The summed E-state index contributed by atoms with van der Waals surface area (Å²) >= 11 is 0. The van der Waals surface area contributed by atoms with Gasteiger partial charge in [0.2, 0.25) is 6.41 Å². The van der Waals surface area contributed by atoms with Gasteiger partial charge in [0.05, 0.1) is 18.8 Å². The zero-order valence-electron chi connectivity index (χ0n) is 19.7. The summed E-state index contributed by atoms with van der Waals surface area (Å²) < 4.78 is 35.8. The summed E-state index contributed by atoms with van der Waals surface area (Å²) in [6.07, 6.45) is 3.21. The van der Waals surface area contributed by atoms with Gasteiger partial charge < -0.3 is 18.9 Å². The maximum atomic E-state index is 13.5. The molecule has 1 aromatic rings. The van der Waals surface area contributed by atoms with E-state index in [1.54, 1.807) is 56.1 Å². The molecule has 0 aromatic heterocycles. The van der Waals surface area contributed by atoms with Gasteiger partial charge in [-0.05, 0) is 45.7 Å². The lowest BCUT2D eigenvalue weighted by atomic mass is 10.2. The monoisotopic (exact) mass is 497 g/mol. The Hall–Kier alpha value is -2.72. The van der Waals surface area contributed by atoms with E-state index in [9.17, 15) is 18.9 Å². The van der Waals surface area contributed by atoms with Crippen molar-refractivity contribution in [1.82, 2.24) is 15.3 Å². The molecule has 12 heteroatoms. The number of carbonyl (C=O) groups excluding carboxylic acids is 3. The standard InChI is InChI=1S/C22H32N3O8P/c1-16(2)31-22(28)17(3)24-34(29,33-18-8-6-5-7-9-18)30-14-19-10-11-21(32-19)25(4)13-12-20(27)23-15-26/h5-9,12-13,15-17,19,21H,10-11,14H2,1-4H3,(H,24,29)(H,23,26,27)/b13-12-/t17-,19?,21?,34?/m0/s1. The molecule has 3 unspecified atom stereocenters. The lowest BCUT2D eigenvalue weighted by Gasteiger charge is -2.25. The Labute approximate surface area is 199 Å². The number of benzene rings is 1. The van der Waals surface area contributed by atoms with E-state index in [4.69, 9.17) is 18.5 Å². The topological polar surface area (TPSA) is 132 Å². The molecular weight excluding hydrogens is 465 g/mol. The highest BCUT2D eigenvalue weighted by Crippen LogP contribution is 2.45. The SMILES string of the molecule is CC(C)OC(=O)[C@H](C)NP(=O)(OCC1CCC(N(C)/C=C\C(=O)NC=O)O1)Oc1ccccc1. The molecule has 1 saturated heterocycles. The van der Waals surface area contributed by atoms with Gasteiger partial charge in [-0.25, -0.2) is 4.57 Å². The van der Waals surface area contributed by atoms with Gasteiger partial charge in [0.25, 0.3) is 5.91 Å². The molecule has 4 atom stereocenters. The number of nitrogens with one attached hydrogen (secondary N) is 2. The number of hydrogen-bond donors (Lipinski definition) is 2. The Bertz CT molecular complexity index is 895. The Kier molecular flexibility index (Phi) is 10.7. The lowest BCUT2D eigenvalue weighted by molar-refractivity contribution is -0.149. The molecule has 1 aliphatic rings. The molecule has 0 bridgehead atoms. The van der Waals surface area contributed by atoms with Gasteiger partial charge in [0.15, 0.2) is 0 Å². The van der Waals surface area contributed by atoms with Crippen LogP contribution in [0.2, 0.25) is 0 Å². The smallest absolute Gasteiger partial charge is 0.459 e. The molecular formula is C22H32N3O8P. The highest BCUT2D eigenvalue weighted by atomic mass is 31.2. The van der Waals surface area contributed by atoms with Gasteiger partial charge in [-0.2, -0.15) is 5.09 Å². The second kappa shape index (κ2) is 13.2. The van der Waals surface area contributed by atoms with Crippen LogP contribution in [0.25, 0.3) is 0 Å². The first kappa shape index (κ1) is 27.5. The molecule has 1 aromatic carbocycles. The van der Waals surface area contributed by atoms with Gasteiger partial charge in [-0.3, -0.25) is 24.2 Å². The minimum absolute atomic E-state index is 0.0528. The highest BCUT2D eigenvalue weighted by Gasteiger charge is 2.35. The van der Waals surface area contributed by atoms with Gasteiger partial charge in [-0.15, -0.1) is 0 Å². The summed E-state index contributed by atoms with van der Waals surface area (Å²) in [5.41, 5.74) is 0. The van der Waals surface area contributed by atoms with E-state index in [0.29, 0.717) is 25.0 Å². The second-order valence-electron chi connectivity index (χ2n) is 7.93. The molecule has 2 amide bonds. The number of nitrogens with zero attached hydrogens (tertiary/aromatic N) is 1. The summed E-state index contributed by atoms with van der Waals surface area (Å²) in [6.45, 7) is 4.90. The molecule has 1 aliphatic heterocycles. The first-order valence-corrected chi connectivity index (χ1v) is 12.4. The van der Waals surface area contributed by atoms with Gasteiger partial charge >= 0.3 is 13.7 Å². The van der Waals surface area contributed by atoms with Gasteiger partial charge in [-0.1, -0.05) is 18.2 Å². The first-order chi connectivity index (χ1) is 16.1. The van der Waals surface area contributed by atoms with Crippen molar-refractivity contribution in [3.05, 3.63) is 42.6 Å².